The Hall–Kier alpha value is -2.85. The van der Waals surface area contributed by atoms with Gasteiger partial charge in [-0.15, -0.1) is 0 Å². The topological polar surface area (TPSA) is 33.6 Å². The molecule has 3 nitrogen and oxygen atoms in total. The highest BCUT2D eigenvalue weighted by Crippen LogP contribution is 2.20. The number of rotatable bonds is 6. The molecule has 0 bridgehead atoms. The summed E-state index contributed by atoms with van der Waals surface area (Å²) < 4.78 is 18.7. The summed E-state index contributed by atoms with van der Waals surface area (Å²) in [5.41, 5.74) is 6.59. The molecule has 26 heavy (non-hydrogen) atoms. The highest BCUT2D eigenvalue weighted by atomic mass is 35.5. The lowest BCUT2D eigenvalue weighted by Gasteiger charge is -2.07. The second-order valence-electron chi connectivity index (χ2n) is 5.82. The Kier molecular flexibility index (Phi) is 5.87. The van der Waals surface area contributed by atoms with E-state index >= 15 is 0 Å². The Morgan fingerprint density at radius 3 is 2.65 bits per heavy atom. The van der Waals surface area contributed by atoms with Gasteiger partial charge in [0, 0.05) is 5.02 Å². The van der Waals surface area contributed by atoms with E-state index in [4.69, 9.17) is 16.3 Å². The van der Waals surface area contributed by atoms with Crippen LogP contribution in [0.3, 0.4) is 0 Å². The van der Waals surface area contributed by atoms with Crippen LogP contribution in [-0.2, 0) is 6.61 Å². The molecule has 0 radical (unpaired) electrons. The predicted octanol–water partition coefficient (Wildman–Crippen LogP) is 5.81. The minimum Gasteiger partial charge on any atom is -0.489 e. The van der Waals surface area contributed by atoms with Gasteiger partial charge in [-0.3, -0.25) is 5.43 Å². The maximum atomic E-state index is 12.9. The predicted molar refractivity (Wildman–Crippen MR) is 105 cm³/mol. The van der Waals surface area contributed by atoms with Gasteiger partial charge in [0.15, 0.2) is 0 Å². The van der Waals surface area contributed by atoms with Gasteiger partial charge in [-0.1, -0.05) is 41.9 Å². The van der Waals surface area contributed by atoms with Crippen molar-refractivity contribution in [3.8, 4) is 5.75 Å². The average molecular weight is 369 g/mol. The van der Waals surface area contributed by atoms with E-state index in [1.165, 1.54) is 12.1 Å². The quantitative estimate of drug-likeness (QED) is 0.440. The van der Waals surface area contributed by atoms with Gasteiger partial charge in [-0.25, -0.2) is 4.39 Å². The molecule has 0 spiro atoms. The molecule has 0 aliphatic rings. The van der Waals surface area contributed by atoms with E-state index in [2.05, 4.69) is 10.5 Å². The first-order chi connectivity index (χ1) is 12.6. The molecule has 0 fully saturated rings. The van der Waals surface area contributed by atoms with Gasteiger partial charge in [0.05, 0.1) is 11.9 Å². The normalized spacial score (nSPS) is 10.9. The van der Waals surface area contributed by atoms with Crippen LogP contribution in [0.1, 0.15) is 16.7 Å². The Morgan fingerprint density at radius 1 is 1.08 bits per heavy atom. The molecule has 3 aromatic rings. The van der Waals surface area contributed by atoms with E-state index in [-0.39, 0.29) is 5.82 Å². The van der Waals surface area contributed by atoms with Crippen LogP contribution in [0, 0.1) is 12.7 Å². The number of benzene rings is 3. The molecule has 0 heterocycles. The van der Waals surface area contributed by atoms with Crippen molar-refractivity contribution >= 4 is 23.5 Å². The van der Waals surface area contributed by atoms with Crippen LogP contribution in [0.15, 0.2) is 71.8 Å². The van der Waals surface area contributed by atoms with Gasteiger partial charge in [0.1, 0.15) is 18.2 Å². The Morgan fingerprint density at radius 2 is 1.88 bits per heavy atom. The van der Waals surface area contributed by atoms with Crippen molar-refractivity contribution < 1.29 is 9.13 Å². The van der Waals surface area contributed by atoms with Crippen LogP contribution in [-0.4, -0.2) is 6.21 Å². The van der Waals surface area contributed by atoms with Gasteiger partial charge in [0.2, 0.25) is 0 Å². The number of aryl methyl sites for hydroxylation is 1. The summed E-state index contributed by atoms with van der Waals surface area (Å²) in [4.78, 5) is 0. The van der Waals surface area contributed by atoms with Crippen LogP contribution in [0.2, 0.25) is 5.02 Å². The van der Waals surface area contributed by atoms with Crippen LogP contribution < -0.4 is 10.2 Å². The molecule has 0 unspecified atom stereocenters. The van der Waals surface area contributed by atoms with Crippen molar-refractivity contribution in [2.45, 2.75) is 13.5 Å². The molecule has 3 rings (SSSR count). The van der Waals surface area contributed by atoms with Crippen molar-refractivity contribution in [3.05, 3.63) is 94.3 Å². The minimum absolute atomic E-state index is 0.255. The molecular formula is C21H18ClFN2O. The van der Waals surface area contributed by atoms with E-state index < -0.39 is 0 Å². The monoisotopic (exact) mass is 368 g/mol. The average Bonchev–Trinajstić information content (AvgIpc) is 2.65. The van der Waals surface area contributed by atoms with Gasteiger partial charge < -0.3 is 4.74 Å². The second kappa shape index (κ2) is 8.50. The molecule has 3 aromatic carbocycles. The van der Waals surface area contributed by atoms with E-state index in [0.717, 1.165) is 28.1 Å². The third kappa shape index (κ3) is 5.07. The highest BCUT2D eigenvalue weighted by Gasteiger charge is 1.99. The number of hydrogen-bond donors (Lipinski definition) is 1. The maximum Gasteiger partial charge on any atom is 0.123 e. The van der Waals surface area contributed by atoms with Gasteiger partial charge in [0.25, 0.3) is 0 Å². The molecule has 132 valence electrons. The molecular weight excluding hydrogens is 351 g/mol. The first-order valence-corrected chi connectivity index (χ1v) is 8.50. The first kappa shape index (κ1) is 18.0. The number of nitrogens with zero attached hydrogens (tertiary/aromatic N) is 1. The van der Waals surface area contributed by atoms with Crippen molar-refractivity contribution in [3.63, 3.8) is 0 Å². The van der Waals surface area contributed by atoms with Crippen molar-refractivity contribution in [1.29, 1.82) is 0 Å². The number of ether oxygens (including phenoxy) is 1. The standard InChI is InChI=1S/C21H18ClFN2O/c1-15-5-10-19(12-21(15)22)25-24-13-17-3-2-4-20(11-17)26-14-16-6-8-18(23)9-7-16/h2-13,25H,14H2,1H3. The highest BCUT2D eigenvalue weighted by molar-refractivity contribution is 6.31. The second-order valence-corrected chi connectivity index (χ2v) is 6.23. The number of nitrogens with one attached hydrogen (secondary N) is 1. The number of halogens is 2. The van der Waals surface area contributed by atoms with E-state index in [0.29, 0.717) is 11.6 Å². The van der Waals surface area contributed by atoms with Crippen molar-refractivity contribution in [2.24, 2.45) is 5.10 Å². The van der Waals surface area contributed by atoms with Crippen LogP contribution in [0.4, 0.5) is 10.1 Å². The lowest BCUT2D eigenvalue weighted by molar-refractivity contribution is 0.306. The first-order valence-electron chi connectivity index (χ1n) is 8.13. The summed E-state index contributed by atoms with van der Waals surface area (Å²) in [7, 11) is 0. The number of hydrazone groups is 1. The summed E-state index contributed by atoms with van der Waals surface area (Å²) >= 11 is 6.10. The smallest absolute Gasteiger partial charge is 0.123 e. The molecule has 0 aromatic heterocycles. The molecule has 0 aliphatic carbocycles. The molecule has 1 N–H and O–H groups in total. The fourth-order valence-corrected chi connectivity index (χ4v) is 2.46. The lowest BCUT2D eigenvalue weighted by atomic mass is 10.2. The van der Waals surface area contributed by atoms with Crippen LogP contribution in [0.5, 0.6) is 5.75 Å². The largest absolute Gasteiger partial charge is 0.489 e. The third-order valence-corrected chi connectivity index (χ3v) is 4.16. The molecule has 0 saturated carbocycles. The summed E-state index contributed by atoms with van der Waals surface area (Å²) in [6.07, 6.45) is 1.71. The summed E-state index contributed by atoms with van der Waals surface area (Å²) in [6.45, 7) is 2.33. The summed E-state index contributed by atoms with van der Waals surface area (Å²) in [6, 6.07) is 19.5. The zero-order valence-corrected chi connectivity index (χ0v) is 15.0. The van der Waals surface area contributed by atoms with Crippen molar-refractivity contribution in [2.75, 3.05) is 5.43 Å². The molecule has 0 saturated heterocycles. The van der Waals surface area contributed by atoms with Gasteiger partial charge >= 0.3 is 0 Å². The van der Waals surface area contributed by atoms with Crippen LogP contribution >= 0.6 is 11.6 Å². The zero-order valence-electron chi connectivity index (χ0n) is 14.2. The summed E-state index contributed by atoms with van der Waals surface area (Å²) in [5, 5.41) is 4.92. The van der Waals surface area contributed by atoms with Gasteiger partial charge in [-0.05, 0) is 60.0 Å². The third-order valence-electron chi connectivity index (χ3n) is 3.76. The number of anilines is 1. The van der Waals surface area contributed by atoms with E-state index in [1.54, 1.807) is 18.3 Å². The number of hydrogen-bond acceptors (Lipinski definition) is 3. The lowest BCUT2D eigenvalue weighted by Crippen LogP contribution is -1.96. The SMILES string of the molecule is Cc1ccc(NN=Cc2cccc(OCc3ccc(F)cc3)c2)cc1Cl. The summed E-state index contributed by atoms with van der Waals surface area (Å²) in [5.74, 6) is 0.464. The fourth-order valence-electron chi connectivity index (χ4n) is 2.28. The zero-order chi connectivity index (χ0) is 18.4. The Bertz CT molecular complexity index is 910. The molecule has 5 heteroatoms. The molecule has 0 atom stereocenters. The minimum atomic E-state index is -0.255. The fraction of sp³-hybridized carbons (Fsp3) is 0.0952. The van der Waals surface area contributed by atoms with E-state index in [9.17, 15) is 4.39 Å². The maximum absolute atomic E-state index is 12.9. The molecule has 0 amide bonds. The Labute approximate surface area is 157 Å². The van der Waals surface area contributed by atoms with Crippen LogP contribution in [0.25, 0.3) is 0 Å². The van der Waals surface area contributed by atoms with Crippen molar-refractivity contribution in [1.82, 2.24) is 0 Å². The van der Waals surface area contributed by atoms with E-state index in [1.807, 2.05) is 49.4 Å². The van der Waals surface area contributed by atoms with Gasteiger partial charge in [-0.2, -0.15) is 5.10 Å². The molecule has 0 aliphatic heterocycles. The Balaban J connectivity index is 1.59.